The molecule has 218 valence electrons. The van der Waals surface area contributed by atoms with Crippen LogP contribution in [-0.4, -0.2) is 35.8 Å². The molecule has 3 heterocycles. The monoisotopic (exact) mass is 572 g/mol. The van der Waals surface area contributed by atoms with Crippen LogP contribution in [0, 0.1) is 94.2 Å². The largest absolute Gasteiger partial charge is 0.393 e. The molecular formula is C33H32O9. The van der Waals surface area contributed by atoms with Crippen LogP contribution in [0.4, 0.5) is 0 Å². The number of allylic oxidation sites excluding steroid dienone is 5. The molecule has 9 heteroatoms. The van der Waals surface area contributed by atoms with Crippen molar-refractivity contribution in [3.05, 3.63) is 36.5 Å². The maximum atomic E-state index is 11.8. The lowest BCUT2D eigenvalue weighted by Gasteiger charge is -2.35. The Kier molecular flexibility index (Phi) is 4.90. The van der Waals surface area contributed by atoms with Crippen LogP contribution >= 0.6 is 0 Å². The van der Waals surface area contributed by atoms with Crippen molar-refractivity contribution in [1.29, 1.82) is 0 Å². The van der Waals surface area contributed by atoms with E-state index in [-0.39, 0.29) is 77.2 Å². The summed E-state index contributed by atoms with van der Waals surface area (Å²) in [5, 5.41) is 0. The van der Waals surface area contributed by atoms with Gasteiger partial charge in [0.15, 0.2) is 0 Å². The zero-order chi connectivity index (χ0) is 28.8. The summed E-state index contributed by atoms with van der Waals surface area (Å²) in [5.74, 6) is 2.59. The van der Waals surface area contributed by atoms with Gasteiger partial charge in [-0.1, -0.05) is 43.4 Å². The fourth-order valence-electron chi connectivity index (χ4n) is 11.7. The molecule has 5 saturated carbocycles. The van der Waals surface area contributed by atoms with Crippen molar-refractivity contribution in [2.45, 2.75) is 32.6 Å². The second kappa shape index (κ2) is 8.17. The standard InChI is InChI=1S/C14H14O3.C10H10O3.C9H8O3/c15-13-11-7-4-8(12(11)14(16)17-13)10-6-2-1-5(3-6)9(7)10;1-4-5-2-3-6(4)8-7(5)9(11)13-10(8)12;10-7-6-3-5-1-2-9(6,4-5)8(11)12-7/h1-2,5-12H,3-4H2;2-8H,1H3;1-2,5-6H,3-4H2. The Morgan fingerprint density at radius 2 is 1.17 bits per heavy atom. The molecule has 8 aliphatic carbocycles. The van der Waals surface area contributed by atoms with Crippen molar-refractivity contribution in [3.63, 3.8) is 0 Å². The van der Waals surface area contributed by atoms with E-state index < -0.39 is 5.41 Å². The first kappa shape index (κ1) is 25.2. The topological polar surface area (TPSA) is 130 Å². The Labute approximate surface area is 242 Å². The third kappa shape index (κ3) is 2.95. The number of hydrogen-bond acceptors (Lipinski definition) is 9. The lowest BCUT2D eigenvalue weighted by molar-refractivity contribution is -0.156. The van der Waals surface area contributed by atoms with Crippen LogP contribution in [0.1, 0.15) is 32.6 Å². The maximum absolute atomic E-state index is 11.8. The second-order valence-corrected chi connectivity index (χ2v) is 14.5. The van der Waals surface area contributed by atoms with Gasteiger partial charge in [0.05, 0.1) is 29.6 Å². The molecule has 3 aliphatic heterocycles. The van der Waals surface area contributed by atoms with Crippen LogP contribution in [0.5, 0.6) is 0 Å². The first-order chi connectivity index (χ1) is 20.2. The van der Waals surface area contributed by atoms with Crippen LogP contribution < -0.4 is 0 Å². The van der Waals surface area contributed by atoms with Crippen molar-refractivity contribution in [2.75, 3.05) is 0 Å². The minimum absolute atomic E-state index is 0.0819. The highest BCUT2D eigenvalue weighted by Crippen LogP contribution is 2.70. The molecule has 11 aliphatic rings. The minimum atomic E-state index is -0.540. The average Bonchev–Trinajstić information content (AvgIpc) is 3.81. The number of cyclic esters (lactones) is 6. The molecule has 3 saturated heterocycles. The van der Waals surface area contributed by atoms with Crippen molar-refractivity contribution in [3.8, 4) is 0 Å². The van der Waals surface area contributed by atoms with Crippen molar-refractivity contribution in [1.82, 2.24) is 0 Å². The molecule has 8 fully saturated rings. The molecule has 42 heavy (non-hydrogen) atoms. The lowest BCUT2D eigenvalue weighted by atomic mass is 9.65. The number of esters is 6. The summed E-state index contributed by atoms with van der Waals surface area (Å²) in [6.07, 6.45) is 16.7. The predicted octanol–water partition coefficient (Wildman–Crippen LogP) is 2.80. The van der Waals surface area contributed by atoms with E-state index in [1.165, 1.54) is 6.42 Å². The summed E-state index contributed by atoms with van der Waals surface area (Å²) in [6.45, 7) is 2.11. The highest BCUT2D eigenvalue weighted by atomic mass is 16.6. The molecule has 1 spiro atoms. The Morgan fingerprint density at radius 1 is 0.619 bits per heavy atom. The quantitative estimate of drug-likeness (QED) is 0.141. The van der Waals surface area contributed by atoms with Gasteiger partial charge >= 0.3 is 35.8 Å². The predicted molar refractivity (Wildman–Crippen MR) is 140 cm³/mol. The van der Waals surface area contributed by atoms with Gasteiger partial charge in [0.25, 0.3) is 0 Å². The second-order valence-electron chi connectivity index (χ2n) is 14.5. The van der Waals surface area contributed by atoms with Crippen molar-refractivity contribution < 1.29 is 43.0 Å². The van der Waals surface area contributed by atoms with Gasteiger partial charge in [-0.3, -0.25) is 28.8 Å². The fraction of sp³-hybridized carbons (Fsp3) is 0.636. The summed E-state index contributed by atoms with van der Waals surface area (Å²) in [5.41, 5.74) is -0.540. The smallest absolute Gasteiger partial charge is 0.324 e. The molecule has 8 bridgehead atoms. The van der Waals surface area contributed by atoms with E-state index in [1.807, 2.05) is 12.2 Å². The molecular weight excluding hydrogens is 540 g/mol. The van der Waals surface area contributed by atoms with E-state index in [1.54, 1.807) is 0 Å². The Bertz CT molecular complexity index is 1400. The SMILES string of the molecule is CC1C2C=CC1C1C(=O)OC(=O)C21.O=C1OC(=O)C23C=CC(CC12)C3.O=C1OC(=O)C2C3CC(C12)C1C2C=CC(C2)C31. The molecule has 15 atom stereocenters. The third-order valence-electron chi connectivity index (χ3n) is 13.2. The number of ether oxygens (including phenoxy) is 3. The molecule has 15 unspecified atom stereocenters. The molecule has 0 aromatic heterocycles. The summed E-state index contributed by atoms with van der Waals surface area (Å²) in [4.78, 5) is 68.8. The van der Waals surface area contributed by atoms with Gasteiger partial charge in [0.1, 0.15) is 5.41 Å². The van der Waals surface area contributed by atoms with E-state index in [2.05, 4.69) is 40.7 Å². The highest BCUT2D eigenvalue weighted by Gasteiger charge is 2.70. The number of carbonyl (C=O) groups excluding carboxylic acids is 6. The van der Waals surface area contributed by atoms with Gasteiger partial charge in [-0.2, -0.15) is 0 Å². The van der Waals surface area contributed by atoms with Crippen LogP contribution in [0.3, 0.4) is 0 Å². The molecule has 0 amide bonds. The van der Waals surface area contributed by atoms with Gasteiger partial charge in [-0.25, -0.2) is 0 Å². The van der Waals surface area contributed by atoms with E-state index >= 15 is 0 Å². The fourth-order valence-corrected chi connectivity index (χ4v) is 11.7. The summed E-state index contributed by atoms with van der Waals surface area (Å²) in [6, 6.07) is 0. The minimum Gasteiger partial charge on any atom is -0.393 e. The van der Waals surface area contributed by atoms with E-state index in [0.717, 1.165) is 19.3 Å². The summed E-state index contributed by atoms with van der Waals surface area (Å²) >= 11 is 0. The van der Waals surface area contributed by atoms with Gasteiger partial charge < -0.3 is 14.2 Å². The Balaban J connectivity index is 0.0000000912. The zero-order valence-corrected chi connectivity index (χ0v) is 23.1. The number of hydrogen-bond donors (Lipinski definition) is 0. The number of rotatable bonds is 0. The average molecular weight is 573 g/mol. The van der Waals surface area contributed by atoms with Crippen molar-refractivity contribution >= 4 is 35.8 Å². The highest BCUT2D eigenvalue weighted by molar-refractivity contribution is 6.01. The van der Waals surface area contributed by atoms with E-state index in [4.69, 9.17) is 4.74 Å². The molecule has 0 aromatic carbocycles. The van der Waals surface area contributed by atoms with Crippen LogP contribution in [0.15, 0.2) is 36.5 Å². The number of fused-ring (bicyclic) bond motifs is 18. The molecule has 0 N–H and O–H groups in total. The Hall–Kier alpha value is -3.36. The van der Waals surface area contributed by atoms with Crippen LogP contribution in [0.2, 0.25) is 0 Å². The van der Waals surface area contributed by atoms with Gasteiger partial charge in [0, 0.05) is 0 Å². The van der Waals surface area contributed by atoms with Gasteiger partial charge in [-0.05, 0) is 84.9 Å². The van der Waals surface area contributed by atoms with Gasteiger partial charge in [0.2, 0.25) is 0 Å². The molecule has 11 rings (SSSR count). The first-order valence-electron chi connectivity index (χ1n) is 15.5. The van der Waals surface area contributed by atoms with Gasteiger partial charge in [-0.15, -0.1) is 0 Å². The Morgan fingerprint density at radius 3 is 1.69 bits per heavy atom. The van der Waals surface area contributed by atoms with Crippen LogP contribution in [0.25, 0.3) is 0 Å². The van der Waals surface area contributed by atoms with Crippen molar-refractivity contribution in [2.24, 2.45) is 94.2 Å². The maximum Gasteiger partial charge on any atom is 0.324 e. The molecule has 0 aromatic rings. The summed E-state index contributed by atoms with van der Waals surface area (Å²) in [7, 11) is 0. The lowest BCUT2D eigenvalue weighted by Crippen LogP contribution is -2.38. The number of carbonyl (C=O) groups is 6. The van der Waals surface area contributed by atoms with E-state index in [9.17, 15) is 28.8 Å². The first-order valence-corrected chi connectivity index (χ1v) is 15.5. The summed E-state index contributed by atoms with van der Waals surface area (Å²) < 4.78 is 14.1. The zero-order valence-electron chi connectivity index (χ0n) is 23.1. The normalized spacial score (nSPS) is 54.4. The third-order valence-corrected chi connectivity index (χ3v) is 13.2. The van der Waals surface area contributed by atoms with E-state index in [0.29, 0.717) is 47.3 Å². The van der Waals surface area contributed by atoms with Crippen LogP contribution in [-0.2, 0) is 43.0 Å². The molecule has 9 nitrogen and oxygen atoms in total. The molecule has 0 radical (unpaired) electrons.